The standard InChI is InChI=1S/C28H34BrN5O2S/c1-32(2)12-13-33-14-16-34(17-15-33)26-8-5-22(19-25(26)31-28(36)23-10-18-37-20-23)27(35)30-11-9-21-3-6-24(29)7-4-21/h3-8,10,18-20H,9,11-17H2,1-2H3,(H,30,35)(H,31,36). The van der Waals surface area contributed by atoms with Crippen molar-refractivity contribution >= 4 is 50.5 Å². The van der Waals surface area contributed by atoms with Crippen LogP contribution in [0.3, 0.4) is 0 Å². The van der Waals surface area contributed by atoms with Gasteiger partial charge in [-0.05, 0) is 67.9 Å². The highest BCUT2D eigenvalue weighted by atomic mass is 79.9. The Balaban J connectivity index is 1.45. The number of amides is 2. The molecule has 0 radical (unpaired) electrons. The lowest BCUT2D eigenvalue weighted by atomic mass is 10.1. The molecule has 3 aromatic rings. The smallest absolute Gasteiger partial charge is 0.256 e. The number of benzene rings is 2. The number of nitrogens with one attached hydrogen (secondary N) is 2. The molecule has 0 spiro atoms. The van der Waals surface area contributed by atoms with Crippen molar-refractivity contribution in [2.45, 2.75) is 6.42 Å². The number of hydrogen-bond donors (Lipinski definition) is 2. The third kappa shape index (κ3) is 7.88. The maximum absolute atomic E-state index is 13.0. The van der Waals surface area contributed by atoms with Crippen LogP contribution < -0.4 is 15.5 Å². The second-order valence-corrected chi connectivity index (χ2v) is 11.2. The molecule has 0 unspecified atom stereocenters. The third-order valence-electron chi connectivity index (χ3n) is 6.48. The number of carbonyl (C=O) groups excluding carboxylic acids is 2. The largest absolute Gasteiger partial charge is 0.367 e. The average Bonchev–Trinajstić information content (AvgIpc) is 3.44. The molecule has 2 N–H and O–H groups in total. The van der Waals surface area contributed by atoms with Gasteiger partial charge in [-0.15, -0.1) is 0 Å². The zero-order chi connectivity index (χ0) is 26.2. The van der Waals surface area contributed by atoms with E-state index in [1.165, 1.54) is 11.3 Å². The van der Waals surface area contributed by atoms with E-state index in [2.05, 4.69) is 55.4 Å². The van der Waals surface area contributed by atoms with Crippen molar-refractivity contribution in [3.8, 4) is 0 Å². The fourth-order valence-electron chi connectivity index (χ4n) is 4.27. The van der Waals surface area contributed by atoms with Crippen LogP contribution in [0.5, 0.6) is 0 Å². The van der Waals surface area contributed by atoms with Crippen molar-refractivity contribution in [2.24, 2.45) is 0 Å². The molecule has 9 heteroatoms. The molecule has 2 amide bonds. The van der Waals surface area contributed by atoms with Gasteiger partial charge in [0, 0.05) is 61.2 Å². The van der Waals surface area contributed by atoms with Crippen LogP contribution in [0, 0.1) is 0 Å². The Kier molecular flexibility index (Phi) is 9.74. The quantitative estimate of drug-likeness (QED) is 0.370. The van der Waals surface area contributed by atoms with Crippen LogP contribution in [-0.2, 0) is 6.42 Å². The van der Waals surface area contributed by atoms with Gasteiger partial charge in [0.2, 0.25) is 0 Å². The Labute approximate surface area is 231 Å². The lowest BCUT2D eigenvalue weighted by molar-refractivity contribution is 0.0952. The molecule has 1 saturated heterocycles. The Bertz CT molecular complexity index is 1180. The first-order chi connectivity index (χ1) is 17.9. The van der Waals surface area contributed by atoms with E-state index in [-0.39, 0.29) is 11.8 Å². The number of thiophene rings is 1. The van der Waals surface area contributed by atoms with E-state index in [1.54, 1.807) is 6.07 Å². The van der Waals surface area contributed by atoms with E-state index in [9.17, 15) is 9.59 Å². The van der Waals surface area contributed by atoms with Gasteiger partial charge in [-0.1, -0.05) is 28.1 Å². The summed E-state index contributed by atoms with van der Waals surface area (Å²) < 4.78 is 1.03. The van der Waals surface area contributed by atoms with Crippen LogP contribution >= 0.6 is 27.3 Å². The summed E-state index contributed by atoms with van der Waals surface area (Å²) in [5, 5.41) is 9.80. The average molecular weight is 585 g/mol. The van der Waals surface area contributed by atoms with Gasteiger partial charge in [0.15, 0.2) is 0 Å². The lowest BCUT2D eigenvalue weighted by Crippen LogP contribution is -2.48. The van der Waals surface area contributed by atoms with Crippen molar-refractivity contribution in [1.82, 2.24) is 15.1 Å². The fraction of sp³-hybridized carbons (Fsp3) is 0.357. The second kappa shape index (κ2) is 13.2. The van der Waals surface area contributed by atoms with E-state index < -0.39 is 0 Å². The van der Waals surface area contributed by atoms with Crippen LogP contribution in [0.4, 0.5) is 11.4 Å². The number of rotatable bonds is 10. The van der Waals surface area contributed by atoms with E-state index in [1.807, 2.05) is 53.2 Å². The van der Waals surface area contributed by atoms with Gasteiger partial charge >= 0.3 is 0 Å². The van der Waals surface area contributed by atoms with E-state index in [0.29, 0.717) is 23.4 Å². The molecule has 1 aliphatic rings. The van der Waals surface area contributed by atoms with Crippen molar-refractivity contribution in [3.05, 3.63) is 80.5 Å². The molecule has 1 aromatic heterocycles. The number of carbonyl (C=O) groups is 2. The SMILES string of the molecule is CN(C)CCN1CCN(c2ccc(C(=O)NCCc3ccc(Br)cc3)cc2NC(=O)c2ccsc2)CC1. The summed E-state index contributed by atoms with van der Waals surface area (Å²) in [5.41, 5.74) is 3.92. The summed E-state index contributed by atoms with van der Waals surface area (Å²) in [5.74, 6) is -0.317. The van der Waals surface area contributed by atoms with Gasteiger partial charge in [-0.3, -0.25) is 14.5 Å². The van der Waals surface area contributed by atoms with Gasteiger partial charge in [-0.25, -0.2) is 0 Å². The highest BCUT2D eigenvalue weighted by molar-refractivity contribution is 9.10. The topological polar surface area (TPSA) is 67.9 Å². The van der Waals surface area contributed by atoms with Gasteiger partial charge in [0.05, 0.1) is 16.9 Å². The molecule has 2 aromatic carbocycles. The molecular weight excluding hydrogens is 550 g/mol. The number of halogens is 1. The summed E-state index contributed by atoms with van der Waals surface area (Å²) in [6, 6.07) is 15.5. The molecule has 0 atom stereocenters. The fourth-order valence-corrected chi connectivity index (χ4v) is 5.17. The molecule has 1 aliphatic heterocycles. The van der Waals surface area contributed by atoms with Crippen molar-refractivity contribution < 1.29 is 9.59 Å². The minimum atomic E-state index is -0.167. The highest BCUT2D eigenvalue weighted by Crippen LogP contribution is 2.29. The Morgan fingerprint density at radius 2 is 1.73 bits per heavy atom. The van der Waals surface area contributed by atoms with E-state index in [0.717, 1.165) is 61.4 Å². The van der Waals surface area contributed by atoms with Gasteiger partial charge in [-0.2, -0.15) is 11.3 Å². The van der Waals surface area contributed by atoms with E-state index in [4.69, 9.17) is 0 Å². The van der Waals surface area contributed by atoms with Crippen LogP contribution in [0.25, 0.3) is 0 Å². The first-order valence-corrected chi connectivity index (χ1v) is 14.2. The van der Waals surface area contributed by atoms with Crippen molar-refractivity contribution in [3.63, 3.8) is 0 Å². The van der Waals surface area contributed by atoms with Crippen LogP contribution in [0.2, 0.25) is 0 Å². The first-order valence-electron chi connectivity index (χ1n) is 12.5. The minimum Gasteiger partial charge on any atom is -0.367 e. The Morgan fingerprint density at radius 1 is 0.973 bits per heavy atom. The minimum absolute atomic E-state index is 0.150. The van der Waals surface area contributed by atoms with Crippen molar-refractivity contribution in [1.29, 1.82) is 0 Å². The zero-order valence-electron chi connectivity index (χ0n) is 21.4. The van der Waals surface area contributed by atoms with Gasteiger partial charge in [0.25, 0.3) is 11.8 Å². The second-order valence-electron chi connectivity index (χ2n) is 9.46. The van der Waals surface area contributed by atoms with Crippen LogP contribution in [-0.4, -0.2) is 81.5 Å². The number of likely N-dealkylation sites (N-methyl/N-ethyl adjacent to an activating group) is 1. The monoisotopic (exact) mass is 583 g/mol. The molecule has 2 heterocycles. The molecule has 4 rings (SSSR count). The highest BCUT2D eigenvalue weighted by Gasteiger charge is 2.21. The summed E-state index contributed by atoms with van der Waals surface area (Å²) >= 11 is 4.93. The summed E-state index contributed by atoms with van der Waals surface area (Å²) in [6.45, 7) is 6.28. The number of hydrogen-bond acceptors (Lipinski definition) is 6. The zero-order valence-corrected chi connectivity index (χ0v) is 23.8. The molecule has 196 valence electrons. The molecule has 0 bridgehead atoms. The van der Waals surface area contributed by atoms with Crippen LogP contribution in [0.15, 0.2) is 63.8 Å². The lowest BCUT2D eigenvalue weighted by Gasteiger charge is -2.37. The number of anilines is 2. The predicted molar refractivity (Wildman–Crippen MR) is 156 cm³/mol. The van der Waals surface area contributed by atoms with Gasteiger partial charge in [0.1, 0.15) is 0 Å². The number of piperazine rings is 1. The molecule has 1 fully saturated rings. The predicted octanol–water partition coefficient (Wildman–Crippen LogP) is 4.42. The van der Waals surface area contributed by atoms with Gasteiger partial charge < -0.3 is 20.4 Å². The Morgan fingerprint density at radius 3 is 2.41 bits per heavy atom. The normalized spacial score (nSPS) is 14.1. The van der Waals surface area contributed by atoms with Crippen LogP contribution in [0.1, 0.15) is 26.3 Å². The maximum atomic E-state index is 13.0. The summed E-state index contributed by atoms with van der Waals surface area (Å²) in [7, 11) is 4.19. The van der Waals surface area contributed by atoms with E-state index >= 15 is 0 Å². The number of nitrogens with zero attached hydrogens (tertiary/aromatic N) is 3. The first kappa shape index (κ1) is 27.3. The molecule has 7 nitrogen and oxygen atoms in total. The molecule has 0 aliphatic carbocycles. The molecule has 37 heavy (non-hydrogen) atoms. The Hall–Kier alpha value is -2.72. The molecular formula is C28H34BrN5O2S. The molecule has 0 saturated carbocycles. The summed E-state index contributed by atoms with van der Waals surface area (Å²) in [6.07, 6.45) is 0.747. The third-order valence-corrected chi connectivity index (χ3v) is 7.69. The summed E-state index contributed by atoms with van der Waals surface area (Å²) in [4.78, 5) is 32.8. The maximum Gasteiger partial charge on any atom is 0.256 e. The van der Waals surface area contributed by atoms with Crippen molar-refractivity contribution in [2.75, 3.05) is 70.1 Å².